The number of anilines is 1. The van der Waals surface area contributed by atoms with E-state index in [0.29, 0.717) is 16.9 Å². The molecule has 0 unspecified atom stereocenters. The highest BCUT2D eigenvalue weighted by molar-refractivity contribution is 7.93. The van der Waals surface area contributed by atoms with Gasteiger partial charge in [0.25, 0.3) is 10.0 Å². The Morgan fingerprint density at radius 3 is 2.64 bits per heavy atom. The average Bonchev–Trinajstić information content (AvgIpc) is 2.88. The summed E-state index contributed by atoms with van der Waals surface area (Å²) in [5, 5.41) is 15.0. The van der Waals surface area contributed by atoms with Crippen LogP contribution < -0.4 is 4.72 Å². The summed E-state index contributed by atoms with van der Waals surface area (Å²) in [6.45, 7) is 1.54. The SMILES string of the molecule is Cc1c(Cl)cccc1S(=O)(=O)Nc1nnc(C(=O)C(=O)O)s1. The van der Waals surface area contributed by atoms with E-state index < -0.39 is 26.8 Å². The summed E-state index contributed by atoms with van der Waals surface area (Å²) in [6, 6.07) is 4.38. The molecule has 1 aromatic carbocycles. The van der Waals surface area contributed by atoms with E-state index in [1.54, 1.807) is 6.07 Å². The summed E-state index contributed by atoms with van der Waals surface area (Å²) in [5.41, 5.74) is 0.350. The lowest BCUT2D eigenvalue weighted by molar-refractivity contribution is -0.131. The number of nitrogens with zero attached hydrogens (tertiary/aromatic N) is 2. The van der Waals surface area contributed by atoms with Crippen LogP contribution in [0.4, 0.5) is 5.13 Å². The van der Waals surface area contributed by atoms with Crippen LogP contribution in [0.15, 0.2) is 23.1 Å². The first-order valence-electron chi connectivity index (χ1n) is 5.61. The number of Topliss-reactive ketones (excluding diaryl/α,β-unsaturated/α-hetero) is 1. The lowest BCUT2D eigenvalue weighted by Crippen LogP contribution is -2.14. The molecule has 116 valence electrons. The number of rotatable bonds is 5. The van der Waals surface area contributed by atoms with Gasteiger partial charge in [-0.3, -0.25) is 9.52 Å². The van der Waals surface area contributed by atoms with Gasteiger partial charge in [0.2, 0.25) is 5.13 Å². The van der Waals surface area contributed by atoms with Crippen molar-refractivity contribution in [3.63, 3.8) is 0 Å². The lowest BCUT2D eigenvalue weighted by atomic mass is 10.2. The number of carboxylic acid groups (broad SMARTS) is 1. The number of nitrogens with one attached hydrogen (secondary N) is 1. The number of carbonyl (C=O) groups is 2. The second kappa shape index (κ2) is 5.99. The molecule has 22 heavy (non-hydrogen) atoms. The molecule has 1 aromatic heterocycles. The van der Waals surface area contributed by atoms with E-state index in [1.807, 2.05) is 0 Å². The third-order valence-corrected chi connectivity index (χ3v) is 5.40. The van der Waals surface area contributed by atoms with Crippen molar-refractivity contribution in [1.82, 2.24) is 10.2 Å². The third-order valence-electron chi connectivity index (χ3n) is 2.54. The Bertz CT molecular complexity index is 862. The van der Waals surface area contributed by atoms with Gasteiger partial charge in [0.1, 0.15) is 0 Å². The molecule has 11 heteroatoms. The van der Waals surface area contributed by atoms with Crippen LogP contribution in [0.1, 0.15) is 15.4 Å². The minimum atomic E-state index is -3.98. The van der Waals surface area contributed by atoms with Crippen LogP contribution in [0.5, 0.6) is 0 Å². The van der Waals surface area contributed by atoms with Crippen LogP contribution in [0.3, 0.4) is 0 Å². The van der Waals surface area contributed by atoms with Crippen molar-refractivity contribution in [3.05, 3.63) is 33.8 Å². The molecule has 2 N–H and O–H groups in total. The number of aliphatic carboxylic acids is 1. The molecule has 0 saturated heterocycles. The van der Waals surface area contributed by atoms with Gasteiger partial charge in [0.05, 0.1) is 4.90 Å². The Hall–Kier alpha value is -2.04. The lowest BCUT2D eigenvalue weighted by Gasteiger charge is -2.08. The Labute approximate surface area is 133 Å². The topological polar surface area (TPSA) is 126 Å². The molecule has 0 spiro atoms. The second-order valence-electron chi connectivity index (χ2n) is 4.02. The van der Waals surface area contributed by atoms with Crippen molar-refractivity contribution >= 4 is 49.8 Å². The highest BCUT2D eigenvalue weighted by Gasteiger charge is 2.23. The quantitative estimate of drug-likeness (QED) is 0.611. The molecule has 0 aliphatic carbocycles. The monoisotopic (exact) mass is 361 g/mol. The molecule has 0 radical (unpaired) electrons. The molecule has 0 aliphatic rings. The number of carboxylic acids is 1. The molecular weight excluding hydrogens is 354 g/mol. The molecule has 8 nitrogen and oxygen atoms in total. The van der Waals surface area contributed by atoms with Crippen molar-refractivity contribution in [1.29, 1.82) is 0 Å². The molecule has 0 aliphatic heterocycles. The maximum absolute atomic E-state index is 12.3. The summed E-state index contributed by atoms with van der Waals surface area (Å²) < 4.78 is 26.6. The fraction of sp³-hybridized carbons (Fsp3) is 0.0909. The van der Waals surface area contributed by atoms with Crippen LogP contribution in [0.2, 0.25) is 5.02 Å². The number of sulfonamides is 1. The smallest absolute Gasteiger partial charge is 0.379 e. The zero-order valence-electron chi connectivity index (χ0n) is 10.9. The van der Waals surface area contributed by atoms with E-state index in [2.05, 4.69) is 14.9 Å². The summed E-state index contributed by atoms with van der Waals surface area (Å²) in [5.74, 6) is -2.96. The van der Waals surface area contributed by atoms with Gasteiger partial charge >= 0.3 is 11.8 Å². The normalized spacial score (nSPS) is 11.2. The fourth-order valence-corrected chi connectivity index (χ4v) is 3.90. The zero-order valence-corrected chi connectivity index (χ0v) is 13.3. The van der Waals surface area contributed by atoms with Crippen molar-refractivity contribution in [2.45, 2.75) is 11.8 Å². The Morgan fingerprint density at radius 2 is 2.00 bits per heavy atom. The summed E-state index contributed by atoms with van der Waals surface area (Å²) in [7, 11) is -3.98. The highest BCUT2D eigenvalue weighted by atomic mass is 35.5. The van der Waals surface area contributed by atoms with Crippen LogP contribution in [0, 0.1) is 6.92 Å². The first-order valence-corrected chi connectivity index (χ1v) is 8.29. The van der Waals surface area contributed by atoms with E-state index in [9.17, 15) is 18.0 Å². The number of aromatic nitrogens is 2. The number of ketones is 1. The number of hydrogen-bond donors (Lipinski definition) is 2. The first-order chi connectivity index (χ1) is 10.2. The van der Waals surface area contributed by atoms with Crippen molar-refractivity contribution in [2.24, 2.45) is 0 Å². The molecular formula is C11H8ClN3O5S2. The van der Waals surface area contributed by atoms with Gasteiger partial charge in [-0.25, -0.2) is 13.2 Å². The standard InChI is InChI=1S/C11H8ClN3O5S2/c1-5-6(12)3-2-4-7(5)22(19,20)15-11-14-13-9(21-11)8(16)10(17)18/h2-4H,1H3,(H,14,15)(H,17,18). The Kier molecular flexibility index (Phi) is 4.44. The number of halogens is 1. The van der Waals surface area contributed by atoms with Crippen LogP contribution in [-0.2, 0) is 14.8 Å². The van der Waals surface area contributed by atoms with E-state index in [4.69, 9.17) is 16.7 Å². The van der Waals surface area contributed by atoms with Gasteiger partial charge < -0.3 is 5.11 Å². The average molecular weight is 362 g/mol. The van der Waals surface area contributed by atoms with Crippen molar-refractivity contribution in [3.8, 4) is 0 Å². The molecule has 2 rings (SSSR count). The van der Waals surface area contributed by atoms with E-state index in [1.165, 1.54) is 19.1 Å². The maximum Gasteiger partial charge on any atom is 0.379 e. The summed E-state index contributed by atoms with van der Waals surface area (Å²) >= 11 is 6.40. The van der Waals surface area contributed by atoms with Gasteiger partial charge in [-0.2, -0.15) is 0 Å². The van der Waals surface area contributed by atoms with E-state index >= 15 is 0 Å². The highest BCUT2D eigenvalue weighted by Crippen LogP contribution is 2.26. The Balaban J connectivity index is 2.32. The van der Waals surface area contributed by atoms with Gasteiger partial charge in [-0.05, 0) is 24.6 Å². The second-order valence-corrected chi connectivity index (χ2v) is 7.05. The van der Waals surface area contributed by atoms with Crippen LogP contribution in [0.25, 0.3) is 0 Å². The molecule has 0 saturated carbocycles. The summed E-state index contributed by atoms with van der Waals surface area (Å²) in [6.07, 6.45) is 0. The van der Waals surface area contributed by atoms with Crippen LogP contribution >= 0.6 is 22.9 Å². The molecule has 2 aromatic rings. The van der Waals surface area contributed by atoms with Crippen molar-refractivity contribution in [2.75, 3.05) is 4.72 Å². The summed E-state index contributed by atoms with van der Waals surface area (Å²) in [4.78, 5) is 21.7. The molecule has 0 amide bonds. The largest absolute Gasteiger partial charge is 0.475 e. The number of carbonyl (C=O) groups excluding carboxylic acids is 1. The zero-order chi connectivity index (χ0) is 16.5. The number of benzene rings is 1. The van der Waals surface area contributed by atoms with Gasteiger partial charge in [-0.15, -0.1) is 10.2 Å². The van der Waals surface area contributed by atoms with Crippen molar-refractivity contribution < 1.29 is 23.1 Å². The van der Waals surface area contributed by atoms with E-state index in [0.717, 1.165) is 0 Å². The Morgan fingerprint density at radius 1 is 1.32 bits per heavy atom. The molecule has 0 bridgehead atoms. The molecule has 0 atom stereocenters. The van der Waals surface area contributed by atoms with E-state index in [-0.39, 0.29) is 15.0 Å². The van der Waals surface area contributed by atoms with Gasteiger partial charge in [0.15, 0.2) is 5.01 Å². The van der Waals surface area contributed by atoms with Crippen LogP contribution in [-0.4, -0.2) is 35.5 Å². The predicted molar refractivity (Wildman–Crippen MR) is 78.9 cm³/mol. The predicted octanol–water partition coefficient (Wildman–Crippen LogP) is 1.57. The first kappa shape index (κ1) is 16.3. The fourth-order valence-electron chi connectivity index (χ4n) is 1.50. The van der Waals surface area contributed by atoms with Gasteiger partial charge in [0, 0.05) is 5.02 Å². The maximum atomic E-state index is 12.3. The third kappa shape index (κ3) is 3.24. The molecule has 0 fully saturated rings. The minimum Gasteiger partial charge on any atom is -0.475 e. The number of hydrogen-bond acceptors (Lipinski definition) is 7. The minimum absolute atomic E-state index is 0.0543. The van der Waals surface area contributed by atoms with Gasteiger partial charge in [-0.1, -0.05) is 29.0 Å². The molecule has 1 heterocycles.